The molecule has 0 aliphatic heterocycles. The lowest BCUT2D eigenvalue weighted by Gasteiger charge is -2.11. The van der Waals surface area contributed by atoms with Crippen molar-refractivity contribution >= 4 is 32.5 Å². The number of benzene rings is 2. The van der Waals surface area contributed by atoms with E-state index in [4.69, 9.17) is 5.11 Å². The summed E-state index contributed by atoms with van der Waals surface area (Å²) in [6.07, 6.45) is 1.24. The number of aromatic nitrogens is 2. The Labute approximate surface area is 159 Å². The molecule has 0 amide bonds. The summed E-state index contributed by atoms with van der Waals surface area (Å²) in [4.78, 5) is 28.5. The number of hydrogen-bond acceptors (Lipinski definition) is 4. The largest absolute Gasteiger partial charge is 0.481 e. The van der Waals surface area contributed by atoms with E-state index in [9.17, 15) is 9.59 Å². The van der Waals surface area contributed by atoms with Crippen LogP contribution in [0.2, 0.25) is 0 Å². The molecule has 0 saturated carbocycles. The van der Waals surface area contributed by atoms with Gasteiger partial charge in [0.1, 0.15) is 0 Å². The third-order valence-corrected chi connectivity index (χ3v) is 5.66. The second-order valence-electron chi connectivity index (χ2n) is 6.45. The van der Waals surface area contributed by atoms with Crippen LogP contribution in [0.3, 0.4) is 0 Å². The van der Waals surface area contributed by atoms with E-state index in [0.717, 1.165) is 32.6 Å². The Morgan fingerprint density at radius 3 is 2.63 bits per heavy atom. The summed E-state index contributed by atoms with van der Waals surface area (Å²) in [6.45, 7) is 1.97. The molecule has 5 nitrogen and oxygen atoms in total. The minimum Gasteiger partial charge on any atom is -0.481 e. The van der Waals surface area contributed by atoms with Gasteiger partial charge < -0.3 is 5.11 Å². The van der Waals surface area contributed by atoms with Gasteiger partial charge in [-0.3, -0.25) is 14.0 Å². The molecule has 4 aromatic rings. The number of rotatable bonds is 5. The van der Waals surface area contributed by atoms with Crippen LogP contribution in [0.5, 0.6) is 0 Å². The van der Waals surface area contributed by atoms with Crippen molar-refractivity contribution in [1.82, 2.24) is 9.38 Å². The molecular weight excluding hydrogens is 360 g/mol. The number of thiazole rings is 1. The van der Waals surface area contributed by atoms with Crippen LogP contribution < -0.4 is 5.56 Å². The molecule has 0 radical (unpaired) electrons. The molecular formula is C21H18N2O3S. The van der Waals surface area contributed by atoms with Crippen molar-refractivity contribution in [2.75, 3.05) is 0 Å². The summed E-state index contributed by atoms with van der Waals surface area (Å²) in [7, 11) is 0. The van der Waals surface area contributed by atoms with Crippen molar-refractivity contribution < 1.29 is 9.90 Å². The standard InChI is InChI=1S/C21H18N2O3S/c1-2-15-17(10-13-6-4-3-5-7-13)23-16-9-8-14(12-19(24)25)11-18(16)27-21(23)22-20(15)26/h3-9,11H,2,10,12H2,1H3,(H,24,25). The molecule has 136 valence electrons. The van der Waals surface area contributed by atoms with Crippen LogP contribution in [0.4, 0.5) is 0 Å². The number of carboxylic acid groups (broad SMARTS) is 1. The van der Waals surface area contributed by atoms with E-state index in [1.165, 1.54) is 11.3 Å². The number of fused-ring (bicyclic) bond motifs is 3. The fraction of sp³-hybridized carbons (Fsp3) is 0.190. The van der Waals surface area contributed by atoms with Gasteiger partial charge in [-0.1, -0.05) is 54.7 Å². The molecule has 2 aromatic heterocycles. The Hall–Kier alpha value is -2.99. The van der Waals surface area contributed by atoms with Gasteiger partial charge in [0.05, 0.1) is 16.6 Å². The van der Waals surface area contributed by atoms with Crippen LogP contribution in [-0.4, -0.2) is 20.5 Å². The van der Waals surface area contributed by atoms with Crippen molar-refractivity contribution in [3.63, 3.8) is 0 Å². The van der Waals surface area contributed by atoms with Crippen LogP contribution in [-0.2, 0) is 24.1 Å². The lowest BCUT2D eigenvalue weighted by Crippen LogP contribution is -2.19. The average molecular weight is 378 g/mol. The van der Waals surface area contributed by atoms with Gasteiger partial charge >= 0.3 is 5.97 Å². The average Bonchev–Trinajstić information content (AvgIpc) is 2.99. The zero-order valence-electron chi connectivity index (χ0n) is 14.8. The highest BCUT2D eigenvalue weighted by Gasteiger charge is 2.17. The zero-order chi connectivity index (χ0) is 19.0. The summed E-state index contributed by atoms with van der Waals surface area (Å²) in [5.74, 6) is -0.860. The highest BCUT2D eigenvalue weighted by atomic mass is 32.1. The molecule has 4 rings (SSSR count). The Morgan fingerprint density at radius 1 is 1.15 bits per heavy atom. The third-order valence-electron chi connectivity index (χ3n) is 4.65. The lowest BCUT2D eigenvalue weighted by molar-refractivity contribution is -0.136. The maximum absolute atomic E-state index is 12.6. The molecule has 0 fully saturated rings. The van der Waals surface area contributed by atoms with Crippen molar-refractivity contribution in [2.24, 2.45) is 0 Å². The van der Waals surface area contributed by atoms with Gasteiger partial charge in [-0.25, -0.2) is 0 Å². The lowest BCUT2D eigenvalue weighted by atomic mass is 10.0. The number of hydrogen-bond donors (Lipinski definition) is 1. The van der Waals surface area contributed by atoms with E-state index in [2.05, 4.69) is 21.5 Å². The molecule has 2 heterocycles. The van der Waals surface area contributed by atoms with E-state index in [1.54, 1.807) is 0 Å². The maximum Gasteiger partial charge on any atom is 0.307 e. The molecule has 1 N–H and O–H groups in total. The van der Waals surface area contributed by atoms with E-state index in [-0.39, 0.29) is 12.0 Å². The first-order valence-electron chi connectivity index (χ1n) is 8.78. The predicted molar refractivity (Wildman–Crippen MR) is 107 cm³/mol. The normalized spacial score (nSPS) is 11.3. The third kappa shape index (κ3) is 3.24. The second-order valence-corrected chi connectivity index (χ2v) is 7.46. The first-order chi connectivity index (χ1) is 13.1. The monoisotopic (exact) mass is 378 g/mol. The molecule has 0 atom stereocenters. The van der Waals surface area contributed by atoms with Crippen LogP contribution in [0.25, 0.3) is 15.2 Å². The number of aliphatic carboxylic acids is 1. The molecule has 0 aliphatic rings. The highest BCUT2D eigenvalue weighted by molar-refractivity contribution is 7.23. The van der Waals surface area contributed by atoms with E-state index in [0.29, 0.717) is 17.8 Å². The summed E-state index contributed by atoms with van der Waals surface area (Å²) in [5, 5.41) is 9.04. The van der Waals surface area contributed by atoms with Gasteiger partial charge in [0.25, 0.3) is 5.56 Å². The summed E-state index contributed by atoms with van der Waals surface area (Å²) >= 11 is 1.42. The smallest absolute Gasteiger partial charge is 0.307 e. The molecule has 27 heavy (non-hydrogen) atoms. The summed E-state index contributed by atoms with van der Waals surface area (Å²) in [6, 6.07) is 15.7. The quantitative estimate of drug-likeness (QED) is 0.575. The predicted octanol–water partition coefficient (Wildman–Crippen LogP) is 3.69. The summed E-state index contributed by atoms with van der Waals surface area (Å²) < 4.78 is 2.99. The molecule has 2 aromatic carbocycles. The molecule has 0 saturated heterocycles. The Kier molecular flexibility index (Phi) is 4.49. The maximum atomic E-state index is 12.6. The Morgan fingerprint density at radius 2 is 1.93 bits per heavy atom. The van der Waals surface area contributed by atoms with Gasteiger partial charge in [0.2, 0.25) is 0 Å². The number of carboxylic acids is 1. The molecule has 0 aliphatic carbocycles. The topological polar surface area (TPSA) is 71.7 Å². The second kappa shape index (κ2) is 6.96. The van der Waals surface area contributed by atoms with Gasteiger partial charge in [-0.2, -0.15) is 4.98 Å². The van der Waals surface area contributed by atoms with Gasteiger partial charge in [0, 0.05) is 17.7 Å². The summed E-state index contributed by atoms with van der Waals surface area (Å²) in [5.41, 5.74) is 4.33. The SMILES string of the molecule is CCc1c(Cc2ccccc2)n2c(nc1=O)sc1cc(CC(=O)O)ccc12. The fourth-order valence-electron chi connectivity index (χ4n) is 3.43. The number of carbonyl (C=O) groups is 1. The van der Waals surface area contributed by atoms with Gasteiger partial charge in [0.15, 0.2) is 4.96 Å². The molecule has 0 unspecified atom stereocenters. The highest BCUT2D eigenvalue weighted by Crippen LogP contribution is 2.29. The van der Waals surface area contributed by atoms with Crippen LogP contribution in [0.1, 0.15) is 29.3 Å². The van der Waals surface area contributed by atoms with Crippen molar-refractivity contribution in [1.29, 1.82) is 0 Å². The van der Waals surface area contributed by atoms with E-state index in [1.807, 2.05) is 43.3 Å². The zero-order valence-corrected chi connectivity index (χ0v) is 15.6. The minimum absolute atomic E-state index is 0.0217. The van der Waals surface area contributed by atoms with Crippen LogP contribution >= 0.6 is 11.3 Å². The molecule has 6 heteroatoms. The Bertz CT molecular complexity index is 1210. The first kappa shape index (κ1) is 17.4. The van der Waals surface area contributed by atoms with Crippen molar-refractivity contribution in [3.05, 3.63) is 81.3 Å². The van der Waals surface area contributed by atoms with Gasteiger partial charge in [-0.15, -0.1) is 0 Å². The first-order valence-corrected chi connectivity index (χ1v) is 9.60. The van der Waals surface area contributed by atoms with Crippen LogP contribution in [0, 0.1) is 0 Å². The minimum atomic E-state index is -0.860. The van der Waals surface area contributed by atoms with E-state index < -0.39 is 5.97 Å². The van der Waals surface area contributed by atoms with Crippen molar-refractivity contribution in [2.45, 2.75) is 26.2 Å². The molecule has 0 spiro atoms. The Balaban J connectivity index is 1.98. The van der Waals surface area contributed by atoms with Gasteiger partial charge in [-0.05, 0) is 29.7 Å². The van der Waals surface area contributed by atoms with E-state index >= 15 is 0 Å². The van der Waals surface area contributed by atoms with Crippen molar-refractivity contribution in [3.8, 4) is 0 Å². The molecule has 0 bridgehead atoms. The number of nitrogens with zero attached hydrogens (tertiary/aromatic N) is 2. The fourth-order valence-corrected chi connectivity index (χ4v) is 4.53. The van der Waals surface area contributed by atoms with Crippen LogP contribution in [0.15, 0.2) is 53.3 Å².